The normalized spacial score (nSPS) is 14.4. The Morgan fingerprint density at radius 1 is 1.19 bits per heavy atom. The molecule has 0 unspecified atom stereocenters. The number of carbonyl (C=O) groups excluding carboxylic acids is 2. The average molecular weight is 459 g/mol. The van der Waals surface area contributed by atoms with Crippen LogP contribution in [0.3, 0.4) is 0 Å². The smallest absolute Gasteiger partial charge is 0.253 e. The van der Waals surface area contributed by atoms with Crippen molar-refractivity contribution >= 4 is 40.4 Å². The molecule has 1 saturated carbocycles. The number of thiophene rings is 1. The van der Waals surface area contributed by atoms with Crippen LogP contribution in [0.2, 0.25) is 5.02 Å². The molecule has 9 heteroatoms. The number of halogens is 1. The van der Waals surface area contributed by atoms with Crippen LogP contribution in [0.4, 0.5) is 5.69 Å². The number of nitrogens with one attached hydrogen (secondary N) is 2. The minimum absolute atomic E-state index is 0.178. The lowest BCUT2D eigenvalue weighted by molar-refractivity contribution is -0.116. The maximum atomic E-state index is 12.6. The maximum absolute atomic E-state index is 12.6. The second kappa shape index (κ2) is 10.1. The second-order valence-corrected chi connectivity index (χ2v) is 8.76. The van der Waals surface area contributed by atoms with Crippen LogP contribution in [-0.2, 0) is 11.2 Å². The SMILES string of the molecule is O=C(CCc1nc(-c2ccsc2)no1)Nc1ccc(Cl)c(C(=O)NC2CCCCC2)c1. The zero-order chi connectivity index (χ0) is 21.6. The first-order chi connectivity index (χ1) is 15.1. The quantitative estimate of drug-likeness (QED) is 0.514. The summed E-state index contributed by atoms with van der Waals surface area (Å²) in [4.78, 5) is 29.3. The fourth-order valence-electron chi connectivity index (χ4n) is 3.60. The van der Waals surface area contributed by atoms with Gasteiger partial charge in [-0.05, 0) is 42.5 Å². The molecular weight excluding hydrogens is 436 g/mol. The summed E-state index contributed by atoms with van der Waals surface area (Å²) in [6.07, 6.45) is 5.96. The molecule has 7 nitrogen and oxygen atoms in total. The fraction of sp³-hybridized carbons (Fsp3) is 0.364. The Morgan fingerprint density at radius 2 is 2.03 bits per heavy atom. The Hall–Kier alpha value is -2.71. The van der Waals surface area contributed by atoms with E-state index < -0.39 is 0 Å². The number of hydrogen-bond acceptors (Lipinski definition) is 6. The van der Waals surface area contributed by atoms with Crippen molar-refractivity contribution in [3.8, 4) is 11.4 Å². The average Bonchev–Trinajstić information content (AvgIpc) is 3.46. The van der Waals surface area contributed by atoms with Crippen molar-refractivity contribution in [2.45, 2.75) is 51.0 Å². The molecule has 2 heterocycles. The van der Waals surface area contributed by atoms with E-state index in [-0.39, 0.29) is 24.3 Å². The van der Waals surface area contributed by atoms with Crippen molar-refractivity contribution in [2.24, 2.45) is 0 Å². The molecule has 3 aromatic rings. The summed E-state index contributed by atoms with van der Waals surface area (Å²) in [6, 6.07) is 7.01. The van der Waals surface area contributed by atoms with Gasteiger partial charge < -0.3 is 15.2 Å². The maximum Gasteiger partial charge on any atom is 0.253 e. The van der Waals surface area contributed by atoms with Gasteiger partial charge in [0.1, 0.15) is 0 Å². The molecule has 1 aromatic carbocycles. The number of rotatable bonds is 7. The van der Waals surface area contributed by atoms with E-state index >= 15 is 0 Å². The zero-order valence-corrected chi connectivity index (χ0v) is 18.5. The van der Waals surface area contributed by atoms with Crippen LogP contribution in [-0.4, -0.2) is 28.0 Å². The Labute approximate surface area is 189 Å². The highest BCUT2D eigenvalue weighted by atomic mass is 35.5. The van der Waals surface area contributed by atoms with Crippen LogP contribution in [0.1, 0.15) is 54.8 Å². The van der Waals surface area contributed by atoms with Gasteiger partial charge in [0.05, 0.1) is 10.6 Å². The molecule has 1 aliphatic rings. The van der Waals surface area contributed by atoms with Gasteiger partial charge in [0.2, 0.25) is 17.6 Å². The molecule has 0 atom stereocenters. The minimum atomic E-state index is -0.212. The molecule has 0 aliphatic heterocycles. The topological polar surface area (TPSA) is 97.1 Å². The van der Waals surface area contributed by atoms with Crippen molar-refractivity contribution in [1.29, 1.82) is 0 Å². The van der Waals surface area contributed by atoms with E-state index in [4.69, 9.17) is 16.1 Å². The Morgan fingerprint density at radius 3 is 2.81 bits per heavy atom. The molecule has 0 spiro atoms. The lowest BCUT2D eigenvalue weighted by atomic mass is 9.95. The van der Waals surface area contributed by atoms with E-state index in [9.17, 15) is 9.59 Å². The summed E-state index contributed by atoms with van der Waals surface area (Å²) in [6.45, 7) is 0. The molecular formula is C22H23ClN4O3S. The van der Waals surface area contributed by atoms with Gasteiger partial charge >= 0.3 is 0 Å². The third-order valence-electron chi connectivity index (χ3n) is 5.25. The van der Waals surface area contributed by atoms with Gasteiger partial charge in [0.25, 0.3) is 5.91 Å². The molecule has 2 aromatic heterocycles. The van der Waals surface area contributed by atoms with Crippen molar-refractivity contribution in [2.75, 3.05) is 5.32 Å². The number of aryl methyl sites for hydroxylation is 1. The number of hydrogen-bond donors (Lipinski definition) is 2. The highest BCUT2D eigenvalue weighted by Gasteiger charge is 2.19. The number of amides is 2. The largest absolute Gasteiger partial charge is 0.349 e. The van der Waals surface area contributed by atoms with Crippen LogP contribution in [0, 0.1) is 0 Å². The van der Waals surface area contributed by atoms with Crippen LogP contribution < -0.4 is 10.6 Å². The number of anilines is 1. The van der Waals surface area contributed by atoms with Crippen molar-refractivity contribution in [1.82, 2.24) is 15.5 Å². The molecule has 0 radical (unpaired) electrons. The number of aromatic nitrogens is 2. The Balaban J connectivity index is 1.32. The number of nitrogens with zero attached hydrogens (tertiary/aromatic N) is 2. The highest BCUT2D eigenvalue weighted by molar-refractivity contribution is 7.08. The van der Waals surface area contributed by atoms with Crippen molar-refractivity contribution in [3.05, 3.63) is 51.5 Å². The van der Waals surface area contributed by atoms with Crippen molar-refractivity contribution < 1.29 is 14.1 Å². The summed E-state index contributed by atoms with van der Waals surface area (Å²) >= 11 is 7.78. The number of benzene rings is 1. The van der Waals surface area contributed by atoms with Crippen LogP contribution >= 0.6 is 22.9 Å². The van der Waals surface area contributed by atoms with Crippen molar-refractivity contribution in [3.63, 3.8) is 0 Å². The van der Waals surface area contributed by atoms with Crippen LogP contribution in [0.5, 0.6) is 0 Å². The van der Waals surface area contributed by atoms with E-state index in [0.717, 1.165) is 31.2 Å². The molecule has 0 saturated heterocycles. The van der Waals surface area contributed by atoms with Gasteiger partial charge in [-0.15, -0.1) is 0 Å². The predicted octanol–water partition coefficient (Wildman–Crippen LogP) is 5.09. The third kappa shape index (κ3) is 5.71. The van der Waals surface area contributed by atoms with Gasteiger partial charge in [-0.2, -0.15) is 16.3 Å². The summed E-state index contributed by atoms with van der Waals surface area (Å²) in [5, 5.41) is 14.0. The predicted molar refractivity (Wildman–Crippen MR) is 120 cm³/mol. The minimum Gasteiger partial charge on any atom is -0.349 e. The lowest BCUT2D eigenvalue weighted by Crippen LogP contribution is -2.36. The van der Waals surface area contributed by atoms with E-state index in [1.165, 1.54) is 6.42 Å². The molecule has 2 amide bonds. The summed E-state index contributed by atoms with van der Waals surface area (Å²) < 4.78 is 5.22. The summed E-state index contributed by atoms with van der Waals surface area (Å²) in [7, 11) is 0. The molecule has 31 heavy (non-hydrogen) atoms. The van der Waals surface area contributed by atoms with Crippen LogP contribution in [0.15, 0.2) is 39.5 Å². The molecule has 4 rings (SSSR count). The van der Waals surface area contributed by atoms with Gasteiger partial charge in [0, 0.05) is 35.5 Å². The standard InChI is InChI=1S/C22H23ClN4O3S/c23-18-7-6-16(12-17(18)22(29)25-15-4-2-1-3-5-15)24-19(28)8-9-20-26-21(27-30-20)14-10-11-31-13-14/h6-7,10-13,15H,1-5,8-9H2,(H,24,28)(H,25,29). The van der Waals surface area contributed by atoms with E-state index in [1.54, 1.807) is 29.5 Å². The lowest BCUT2D eigenvalue weighted by Gasteiger charge is -2.23. The first kappa shape index (κ1) is 21.5. The van der Waals surface area contributed by atoms with Crippen LogP contribution in [0.25, 0.3) is 11.4 Å². The summed E-state index contributed by atoms with van der Waals surface area (Å²) in [5.41, 5.74) is 1.78. The van der Waals surface area contributed by atoms with Gasteiger partial charge in [-0.25, -0.2) is 0 Å². The zero-order valence-electron chi connectivity index (χ0n) is 16.9. The molecule has 1 fully saturated rings. The molecule has 162 valence electrons. The second-order valence-electron chi connectivity index (χ2n) is 7.57. The van der Waals surface area contributed by atoms with Gasteiger partial charge in [-0.1, -0.05) is 36.0 Å². The molecule has 0 bridgehead atoms. The van der Waals surface area contributed by atoms with Gasteiger partial charge in [0.15, 0.2) is 0 Å². The first-order valence-corrected chi connectivity index (χ1v) is 11.7. The van der Waals surface area contributed by atoms with E-state index in [0.29, 0.717) is 34.4 Å². The summed E-state index contributed by atoms with van der Waals surface area (Å²) in [5.74, 6) is 0.499. The fourth-order valence-corrected chi connectivity index (χ4v) is 4.43. The molecule has 1 aliphatic carbocycles. The molecule has 2 N–H and O–H groups in total. The highest BCUT2D eigenvalue weighted by Crippen LogP contribution is 2.23. The number of carbonyl (C=O) groups is 2. The Kier molecular flexibility index (Phi) is 6.99. The van der Waals surface area contributed by atoms with Gasteiger partial charge in [-0.3, -0.25) is 9.59 Å². The monoisotopic (exact) mass is 458 g/mol. The van der Waals surface area contributed by atoms with E-state index in [1.807, 2.05) is 16.8 Å². The van der Waals surface area contributed by atoms with E-state index in [2.05, 4.69) is 20.8 Å². The Bertz CT molecular complexity index is 1040. The third-order valence-corrected chi connectivity index (χ3v) is 6.26. The first-order valence-electron chi connectivity index (χ1n) is 10.3.